The van der Waals surface area contributed by atoms with Crippen LogP contribution in [0.25, 0.3) is 0 Å². The molecule has 0 bridgehead atoms. The van der Waals surface area contributed by atoms with Gasteiger partial charge in [0.05, 0.1) is 13.0 Å². The molecule has 0 aliphatic carbocycles. The molecule has 3 nitrogen and oxygen atoms in total. The van der Waals surface area contributed by atoms with E-state index in [1.807, 2.05) is 45.0 Å². The van der Waals surface area contributed by atoms with E-state index in [-0.39, 0.29) is 23.3 Å². The molecular weight excluding hydrogens is 238 g/mol. The second-order valence-electron chi connectivity index (χ2n) is 6.23. The largest absolute Gasteiger partial charge is 0.497 e. The summed E-state index contributed by atoms with van der Waals surface area (Å²) in [6.45, 7) is 10.1. The van der Waals surface area contributed by atoms with Crippen molar-refractivity contribution in [2.24, 2.45) is 5.92 Å². The van der Waals surface area contributed by atoms with Crippen molar-refractivity contribution in [1.82, 2.24) is 5.32 Å². The van der Waals surface area contributed by atoms with Crippen molar-refractivity contribution in [3.63, 3.8) is 0 Å². The van der Waals surface area contributed by atoms with E-state index in [1.54, 1.807) is 7.11 Å². The molecule has 0 aliphatic rings. The fourth-order valence-electron chi connectivity index (χ4n) is 2.10. The zero-order chi connectivity index (χ0) is 14.6. The smallest absolute Gasteiger partial charge is 0.228 e. The molecule has 1 unspecified atom stereocenters. The van der Waals surface area contributed by atoms with Gasteiger partial charge >= 0.3 is 0 Å². The lowest BCUT2D eigenvalue weighted by Gasteiger charge is -2.27. The molecule has 1 aromatic carbocycles. The van der Waals surface area contributed by atoms with Gasteiger partial charge in [-0.05, 0) is 44.4 Å². The summed E-state index contributed by atoms with van der Waals surface area (Å²) in [7, 11) is 1.64. The molecule has 0 fully saturated rings. The molecule has 1 atom stereocenters. The van der Waals surface area contributed by atoms with E-state index in [0.29, 0.717) is 0 Å². The zero-order valence-corrected chi connectivity index (χ0v) is 12.8. The Bertz CT molecular complexity index is 415. The van der Waals surface area contributed by atoms with E-state index in [9.17, 15) is 4.79 Å². The highest BCUT2D eigenvalue weighted by Gasteiger charge is 2.27. The van der Waals surface area contributed by atoms with Gasteiger partial charge in [-0.3, -0.25) is 4.79 Å². The van der Waals surface area contributed by atoms with E-state index in [2.05, 4.69) is 19.2 Å². The van der Waals surface area contributed by atoms with Gasteiger partial charge in [0.2, 0.25) is 5.91 Å². The average Bonchev–Trinajstić information content (AvgIpc) is 2.27. The summed E-state index contributed by atoms with van der Waals surface area (Å²) in [6, 6.07) is 7.72. The van der Waals surface area contributed by atoms with Crippen molar-refractivity contribution in [2.45, 2.75) is 46.1 Å². The highest BCUT2D eigenvalue weighted by Crippen LogP contribution is 2.27. The van der Waals surface area contributed by atoms with Gasteiger partial charge in [-0.15, -0.1) is 0 Å². The number of methoxy groups -OCH3 is 1. The Labute approximate surface area is 116 Å². The Morgan fingerprint density at radius 3 is 2.05 bits per heavy atom. The third-order valence-electron chi connectivity index (χ3n) is 2.92. The van der Waals surface area contributed by atoms with E-state index in [1.165, 1.54) is 0 Å². The normalized spacial score (nSPS) is 13.2. The number of ether oxygens (including phenoxy) is 1. The number of hydrogen-bond acceptors (Lipinski definition) is 2. The number of amides is 1. The monoisotopic (exact) mass is 263 g/mol. The molecule has 3 heteroatoms. The van der Waals surface area contributed by atoms with Crippen LogP contribution in [0.2, 0.25) is 0 Å². The van der Waals surface area contributed by atoms with E-state index in [4.69, 9.17) is 4.74 Å². The van der Waals surface area contributed by atoms with Gasteiger partial charge in [0, 0.05) is 5.54 Å². The van der Waals surface area contributed by atoms with E-state index < -0.39 is 0 Å². The number of benzene rings is 1. The quantitative estimate of drug-likeness (QED) is 0.904. The average molecular weight is 263 g/mol. The SMILES string of the molecule is COc1ccc(C(C(=O)NC(C)(C)C)C(C)C)cc1. The third-order valence-corrected chi connectivity index (χ3v) is 2.92. The summed E-state index contributed by atoms with van der Waals surface area (Å²) < 4.78 is 5.15. The van der Waals surface area contributed by atoms with Crippen LogP contribution in [0.15, 0.2) is 24.3 Å². The highest BCUT2D eigenvalue weighted by atomic mass is 16.5. The molecule has 19 heavy (non-hydrogen) atoms. The minimum absolute atomic E-state index is 0.0765. The van der Waals surface area contributed by atoms with Gasteiger partial charge in [-0.2, -0.15) is 0 Å². The first kappa shape index (κ1) is 15.5. The summed E-state index contributed by atoms with van der Waals surface area (Å²) in [5, 5.41) is 3.06. The van der Waals surface area contributed by atoms with Crippen LogP contribution < -0.4 is 10.1 Å². The lowest BCUT2D eigenvalue weighted by atomic mass is 9.87. The molecule has 0 spiro atoms. The van der Waals surface area contributed by atoms with Gasteiger partial charge in [0.1, 0.15) is 5.75 Å². The second kappa shape index (κ2) is 6.09. The minimum atomic E-state index is -0.212. The molecule has 106 valence electrons. The lowest BCUT2D eigenvalue weighted by Crippen LogP contribution is -2.44. The summed E-state index contributed by atoms with van der Waals surface area (Å²) in [5.41, 5.74) is 0.814. The van der Waals surface area contributed by atoms with Gasteiger partial charge in [0.25, 0.3) is 0 Å². The Kier molecular flexibility index (Phi) is 4.98. The maximum absolute atomic E-state index is 12.4. The van der Waals surface area contributed by atoms with Gasteiger partial charge in [-0.25, -0.2) is 0 Å². The fraction of sp³-hybridized carbons (Fsp3) is 0.562. The van der Waals surface area contributed by atoms with Crippen LogP contribution >= 0.6 is 0 Å². The minimum Gasteiger partial charge on any atom is -0.497 e. The van der Waals surface area contributed by atoms with Crippen LogP contribution in [0.3, 0.4) is 0 Å². The van der Waals surface area contributed by atoms with Gasteiger partial charge < -0.3 is 10.1 Å². The predicted octanol–water partition coefficient (Wildman–Crippen LogP) is 3.35. The molecule has 0 aromatic heterocycles. The van der Waals surface area contributed by atoms with Crippen LogP contribution in [0.4, 0.5) is 0 Å². The standard InChI is InChI=1S/C16H25NO2/c1-11(2)14(15(18)17-16(3,4)5)12-7-9-13(19-6)10-8-12/h7-11,14H,1-6H3,(H,17,18). The number of nitrogens with one attached hydrogen (secondary N) is 1. The number of rotatable bonds is 4. The van der Waals surface area contributed by atoms with Crippen molar-refractivity contribution >= 4 is 5.91 Å². The molecule has 0 saturated heterocycles. The van der Waals surface area contributed by atoms with Crippen molar-refractivity contribution < 1.29 is 9.53 Å². The van der Waals surface area contributed by atoms with Gasteiger partial charge in [0.15, 0.2) is 0 Å². The molecule has 0 saturated carbocycles. The van der Waals surface area contributed by atoms with Crippen LogP contribution in [0.1, 0.15) is 46.1 Å². The van der Waals surface area contributed by atoms with Crippen LogP contribution in [0, 0.1) is 5.92 Å². The van der Waals surface area contributed by atoms with Crippen LogP contribution in [-0.4, -0.2) is 18.6 Å². The molecule has 1 N–H and O–H groups in total. The maximum Gasteiger partial charge on any atom is 0.228 e. The molecule has 1 rings (SSSR count). The first-order valence-corrected chi connectivity index (χ1v) is 6.70. The lowest BCUT2D eigenvalue weighted by molar-refractivity contribution is -0.124. The Morgan fingerprint density at radius 2 is 1.68 bits per heavy atom. The van der Waals surface area contributed by atoms with E-state index in [0.717, 1.165) is 11.3 Å². The fourth-order valence-corrected chi connectivity index (χ4v) is 2.10. The zero-order valence-electron chi connectivity index (χ0n) is 12.8. The summed E-state index contributed by atoms with van der Waals surface area (Å²) in [6.07, 6.45) is 0. The Balaban J connectivity index is 2.96. The van der Waals surface area contributed by atoms with Crippen molar-refractivity contribution in [3.8, 4) is 5.75 Å². The van der Waals surface area contributed by atoms with Crippen molar-refractivity contribution in [2.75, 3.05) is 7.11 Å². The predicted molar refractivity (Wildman–Crippen MR) is 78.5 cm³/mol. The number of carbonyl (C=O) groups excluding carboxylic acids is 1. The maximum atomic E-state index is 12.4. The van der Waals surface area contributed by atoms with Gasteiger partial charge in [-0.1, -0.05) is 26.0 Å². The van der Waals surface area contributed by atoms with Crippen molar-refractivity contribution in [3.05, 3.63) is 29.8 Å². The summed E-state index contributed by atoms with van der Waals surface area (Å²) in [4.78, 5) is 12.4. The third kappa shape index (κ3) is 4.58. The summed E-state index contributed by atoms with van der Waals surface area (Å²) >= 11 is 0. The molecule has 1 aromatic rings. The molecule has 1 amide bonds. The first-order valence-electron chi connectivity index (χ1n) is 6.70. The second-order valence-corrected chi connectivity index (χ2v) is 6.23. The molecule has 0 heterocycles. The molecule has 0 radical (unpaired) electrons. The number of hydrogen-bond donors (Lipinski definition) is 1. The van der Waals surface area contributed by atoms with Crippen molar-refractivity contribution in [1.29, 1.82) is 0 Å². The Hall–Kier alpha value is -1.51. The van der Waals surface area contributed by atoms with Crippen LogP contribution in [0.5, 0.6) is 5.75 Å². The molecular formula is C16H25NO2. The van der Waals surface area contributed by atoms with Crippen LogP contribution in [-0.2, 0) is 4.79 Å². The Morgan fingerprint density at radius 1 is 1.16 bits per heavy atom. The summed E-state index contributed by atoms with van der Waals surface area (Å²) in [5.74, 6) is 0.996. The first-order chi connectivity index (χ1) is 8.74. The molecule has 0 aliphatic heterocycles. The highest BCUT2D eigenvalue weighted by molar-refractivity contribution is 5.84. The van der Waals surface area contributed by atoms with E-state index >= 15 is 0 Å². The topological polar surface area (TPSA) is 38.3 Å². The number of carbonyl (C=O) groups is 1.